The molecule has 0 radical (unpaired) electrons. The van der Waals surface area contributed by atoms with Crippen molar-refractivity contribution in [2.24, 2.45) is 0 Å². The first kappa shape index (κ1) is 51.2. The highest BCUT2D eigenvalue weighted by atomic mass is 32.2. The zero-order valence-corrected chi connectivity index (χ0v) is 39.9. The average molecular weight is 1060 g/mol. The van der Waals surface area contributed by atoms with Crippen molar-refractivity contribution in [2.75, 3.05) is 13.2 Å². The molecule has 12 nitrogen and oxygen atoms in total. The summed E-state index contributed by atoms with van der Waals surface area (Å²) >= 11 is 0. The lowest BCUT2D eigenvalue weighted by Crippen LogP contribution is -2.17. The maximum atomic E-state index is 13.5. The van der Waals surface area contributed by atoms with Gasteiger partial charge in [-0.25, -0.2) is 46.7 Å². The maximum Gasteiger partial charge on any atom is 0.416 e. The third kappa shape index (κ3) is 11.4. The van der Waals surface area contributed by atoms with Crippen LogP contribution in [0.4, 0.5) is 35.1 Å². The van der Waals surface area contributed by atoms with E-state index in [1.165, 1.54) is 98.1 Å². The van der Waals surface area contributed by atoms with Crippen LogP contribution in [0.1, 0.15) is 69.4 Å². The molecule has 0 N–H and O–H groups in total. The molecule has 4 aromatic carbocycles. The first-order chi connectivity index (χ1) is 35.2. The standard InChI is InChI=1S/2C26H19F4N3O3S/c2*27-25-6-1-16(13-32-25)23-11-17(26(28,29)30)2-4-20(23)21-8-10-36-24-12-19(3-5-22(21)24)37(34,35)14-18-7-9-31-15-33-18/h2*1-7,9,11-13,15,21H,8,10,14H2/t2*21-/m10/s1. The Morgan fingerprint density at radius 1 is 0.486 bits per heavy atom. The highest BCUT2D eigenvalue weighted by molar-refractivity contribution is 7.91. The van der Waals surface area contributed by atoms with Crippen molar-refractivity contribution < 1.29 is 61.4 Å². The highest BCUT2D eigenvalue weighted by Crippen LogP contribution is 2.46. The van der Waals surface area contributed by atoms with E-state index in [-0.39, 0.29) is 57.5 Å². The van der Waals surface area contributed by atoms with Crippen LogP contribution in [0.5, 0.6) is 11.5 Å². The fourth-order valence-corrected chi connectivity index (χ4v) is 11.4. The van der Waals surface area contributed by atoms with Crippen molar-refractivity contribution in [3.05, 3.63) is 203 Å². The van der Waals surface area contributed by atoms with Gasteiger partial charge in [-0.05, 0) is 120 Å². The summed E-state index contributed by atoms with van der Waals surface area (Å²) in [6.45, 7) is 0.463. The molecule has 0 aliphatic carbocycles. The summed E-state index contributed by atoms with van der Waals surface area (Å²) < 4.78 is 171. The monoisotopic (exact) mass is 1060 g/mol. The fourth-order valence-electron chi connectivity index (χ4n) is 8.78. The number of sulfone groups is 2. The smallest absolute Gasteiger partial charge is 0.416 e. The van der Waals surface area contributed by atoms with E-state index in [0.29, 0.717) is 69.1 Å². The Balaban J connectivity index is 0.000000182. The van der Waals surface area contributed by atoms with Crippen LogP contribution < -0.4 is 9.47 Å². The van der Waals surface area contributed by atoms with Crippen LogP contribution in [0.15, 0.2) is 156 Å². The first-order valence-electron chi connectivity index (χ1n) is 22.4. The van der Waals surface area contributed by atoms with E-state index in [1.807, 2.05) is 0 Å². The minimum atomic E-state index is -4.57. The minimum Gasteiger partial charge on any atom is -0.493 e. The molecule has 0 bridgehead atoms. The van der Waals surface area contributed by atoms with Gasteiger partial charge in [-0.1, -0.05) is 24.3 Å². The molecule has 4 aromatic heterocycles. The molecule has 0 saturated heterocycles. The molecule has 2 aliphatic rings. The van der Waals surface area contributed by atoms with E-state index >= 15 is 0 Å². The zero-order chi connectivity index (χ0) is 52.4. The molecule has 8 aromatic rings. The second-order valence-corrected chi connectivity index (χ2v) is 21.0. The SMILES string of the molecule is O=S(=O)(Cc1ccncn1)c1ccc2c(c1)OCC[C@@H]2c1ccc(C(F)(F)F)cc1-c1ccc(F)nc1.O=S(=O)(Cc1ccncn1)c1ccc2c(c1)OCC[C@H]2c1ccc(C(F)(F)F)cc1-c1ccc(F)nc1. The number of hydrogen-bond acceptors (Lipinski definition) is 12. The van der Waals surface area contributed by atoms with Crippen LogP contribution in [0, 0.1) is 11.9 Å². The summed E-state index contributed by atoms with van der Waals surface area (Å²) in [7, 11) is -7.49. The van der Waals surface area contributed by atoms with Crippen molar-refractivity contribution in [1.82, 2.24) is 29.9 Å². The summed E-state index contributed by atoms with van der Waals surface area (Å²) in [6.07, 6.45) is -0.405. The Kier molecular flexibility index (Phi) is 14.3. The van der Waals surface area contributed by atoms with Crippen molar-refractivity contribution >= 4 is 19.7 Å². The lowest BCUT2D eigenvalue weighted by molar-refractivity contribution is -0.138. The predicted octanol–water partition coefficient (Wildman–Crippen LogP) is 11.2. The number of halogens is 8. The quantitative estimate of drug-likeness (QED) is 0.0942. The van der Waals surface area contributed by atoms with E-state index < -0.39 is 55.0 Å². The number of rotatable bonds is 10. The second kappa shape index (κ2) is 20.7. The molecule has 0 saturated carbocycles. The van der Waals surface area contributed by atoms with Gasteiger partial charge in [0.1, 0.15) is 24.2 Å². The van der Waals surface area contributed by atoms with E-state index in [1.54, 1.807) is 12.1 Å². The molecular formula is C52H38F8N6O6S2. The van der Waals surface area contributed by atoms with Gasteiger partial charge in [-0.3, -0.25) is 0 Å². The lowest BCUT2D eigenvalue weighted by Gasteiger charge is -2.29. The van der Waals surface area contributed by atoms with Crippen molar-refractivity contribution in [3.8, 4) is 33.8 Å². The second-order valence-electron chi connectivity index (χ2n) is 17.0. The van der Waals surface area contributed by atoms with E-state index in [0.717, 1.165) is 36.4 Å². The van der Waals surface area contributed by atoms with Gasteiger partial charge in [-0.15, -0.1) is 0 Å². The van der Waals surface area contributed by atoms with Crippen LogP contribution in [0.25, 0.3) is 22.3 Å². The van der Waals surface area contributed by atoms with Crippen LogP contribution in [0.3, 0.4) is 0 Å². The van der Waals surface area contributed by atoms with Gasteiger partial charge in [0.05, 0.1) is 57.0 Å². The third-order valence-corrected chi connectivity index (χ3v) is 15.6. The van der Waals surface area contributed by atoms with Crippen LogP contribution in [-0.4, -0.2) is 60.0 Å². The first-order valence-corrected chi connectivity index (χ1v) is 25.7. The van der Waals surface area contributed by atoms with E-state index in [4.69, 9.17) is 9.47 Å². The van der Waals surface area contributed by atoms with E-state index in [9.17, 15) is 52.0 Å². The number of benzene rings is 4. The molecule has 6 heterocycles. The summed E-state index contributed by atoms with van der Waals surface area (Å²) in [5, 5.41) is 0. The highest BCUT2D eigenvalue weighted by Gasteiger charge is 2.35. The van der Waals surface area contributed by atoms with Gasteiger partial charge in [0.15, 0.2) is 19.7 Å². The Hall–Kier alpha value is -7.72. The Morgan fingerprint density at radius 2 is 0.892 bits per heavy atom. The molecule has 22 heteroatoms. The number of alkyl halides is 6. The Bertz CT molecular complexity index is 3320. The molecule has 0 amide bonds. The van der Waals surface area contributed by atoms with Gasteiger partial charge in [0.25, 0.3) is 0 Å². The average Bonchev–Trinajstić information content (AvgIpc) is 3.39. The Labute approximate surface area is 418 Å². The normalized spacial score (nSPS) is 15.6. The number of hydrogen-bond donors (Lipinski definition) is 0. The van der Waals surface area contributed by atoms with Crippen LogP contribution >= 0.6 is 0 Å². The molecule has 380 valence electrons. The van der Waals surface area contributed by atoms with Gasteiger partial charge < -0.3 is 9.47 Å². The zero-order valence-electron chi connectivity index (χ0n) is 38.2. The van der Waals surface area contributed by atoms with Gasteiger partial charge in [0, 0.05) is 58.9 Å². The molecule has 0 spiro atoms. The third-order valence-electron chi connectivity index (χ3n) is 12.3. The largest absolute Gasteiger partial charge is 0.493 e. The number of ether oxygens (including phenoxy) is 2. The van der Waals surface area contributed by atoms with Crippen molar-refractivity contribution in [3.63, 3.8) is 0 Å². The van der Waals surface area contributed by atoms with Crippen molar-refractivity contribution in [2.45, 2.75) is 58.3 Å². The molecule has 0 fully saturated rings. The van der Waals surface area contributed by atoms with Crippen molar-refractivity contribution in [1.29, 1.82) is 0 Å². The molecular weight excluding hydrogens is 1020 g/mol. The molecule has 0 unspecified atom stereocenters. The molecule has 2 aliphatic heterocycles. The summed E-state index contributed by atoms with van der Waals surface area (Å²) in [5.74, 6) is -2.23. The molecule has 2 atom stereocenters. The van der Waals surface area contributed by atoms with E-state index in [2.05, 4.69) is 29.9 Å². The van der Waals surface area contributed by atoms with Crippen LogP contribution in [0.2, 0.25) is 0 Å². The summed E-state index contributed by atoms with van der Waals surface area (Å²) in [6, 6.07) is 23.9. The number of aromatic nitrogens is 6. The molecule has 10 rings (SSSR count). The molecule has 74 heavy (non-hydrogen) atoms. The fraction of sp³-hybridized carbons (Fsp3) is 0.192. The number of pyridine rings is 2. The topological polar surface area (TPSA) is 164 Å². The van der Waals surface area contributed by atoms with Gasteiger partial charge in [-0.2, -0.15) is 35.1 Å². The lowest BCUT2D eigenvalue weighted by atomic mass is 9.82. The Morgan fingerprint density at radius 3 is 1.24 bits per heavy atom. The van der Waals surface area contributed by atoms with Crippen LogP contribution in [-0.2, 0) is 43.5 Å². The minimum absolute atomic E-state index is 0.0425. The number of fused-ring (bicyclic) bond motifs is 2. The van der Waals surface area contributed by atoms with Gasteiger partial charge in [0.2, 0.25) is 11.9 Å². The summed E-state index contributed by atoms with van der Waals surface area (Å²) in [5.41, 5.74) is 2.63. The number of nitrogens with zero attached hydrogens (tertiary/aromatic N) is 6. The maximum absolute atomic E-state index is 13.5. The predicted molar refractivity (Wildman–Crippen MR) is 252 cm³/mol. The summed E-state index contributed by atoms with van der Waals surface area (Å²) in [4.78, 5) is 22.8. The van der Waals surface area contributed by atoms with Gasteiger partial charge >= 0.3 is 12.4 Å².